The molecule has 8 heteroatoms. The smallest absolute Gasteiger partial charge is 0.253 e. The van der Waals surface area contributed by atoms with Crippen LogP contribution in [0.5, 0.6) is 5.75 Å². The van der Waals surface area contributed by atoms with Crippen molar-refractivity contribution in [3.63, 3.8) is 0 Å². The third-order valence-electron chi connectivity index (χ3n) is 5.80. The Balaban J connectivity index is 1.73. The monoisotopic (exact) mass is 512 g/mol. The molecule has 0 aliphatic rings. The van der Waals surface area contributed by atoms with E-state index in [0.717, 1.165) is 22.6 Å². The molecule has 1 amide bonds. The number of hydrogen-bond donors (Lipinski definition) is 3. The number of carbonyl (C=O) groups is 1. The van der Waals surface area contributed by atoms with Crippen LogP contribution in [-0.2, 0) is 18.9 Å². The molecule has 0 saturated heterocycles. The molecule has 2 aromatic carbocycles. The van der Waals surface area contributed by atoms with Crippen molar-refractivity contribution in [1.29, 1.82) is 0 Å². The molecular weight excluding hydrogens is 476 g/mol. The number of nitrogen functional groups attached to an aromatic ring is 1. The first-order valence-electron chi connectivity index (χ1n) is 12.2. The fourth-order valence-electron chi connectivity index (χ4n) is 4.15. The Morgan fingerprint density at radius 3 is 2.44 bits per heavy atom. The molecule has 0 radical (unpaired) electrons. The fourth-order valence-corrected chi connectivity index (χ4v) is 4.36. The highest BCUT2D eigenvalue weighted by Crippen LogP contribution is 2.31. The molecule has 0 fully saturated rings. The summed E-state index contributed by atoms with van der Waals surface area (Å²) in [5, 5.41) is 12.9. The van der Waals surface area contributed by atoms with E-state index >= 15 is 0 Å². The van der Waals surface area contributed by atoms with Crippen LogP contribution < -0.4 is 15.8 Å². The van der Waals surface area contributed by atoms with Gasteiger partial charge in [-0.3, -0.25) is 4.79 Å². The molecule has 0 saturated carbocycles. The molecule has 1 atom stereocenters. The fraction of sp³-hybridized carbons (Fsp3) is 0.429. The predicted octanol–water partition coefficient (Wildman–Crippen LogP) is 5.13. The minimum atomic E-state index is -0.344. The quantitative estimate of drug-likeness (QED) is 0.345. The number of nitrogens with zero attached hydrogens (tertiary/aromatic N) is 2. The lowest BCUT2D eigenvalue weighted by Gasteiger charge is -2.20. The van der Waals surface area contributed by atoms with E-state index < -0.39 is 0 Å². The van der Waals surface area contributed by atoms with Crippen molar-refractivity contribution in [1.82, 2.24) is 14.9 Å². The number of nitrogens with one attached hydrogen (secondary N) is 1. The van der Waals surface area contributed by atoms with E-state index in [4.69, 9.17) is 27.1 Å². The minimum absolute atomic E-state index is 0.0436. The number of imidazole rings is 1. The maximum atomic E-state index is 13.0. The first kappa shape index (κ1) is 27.6. The Labute approximate surface area is 218 Å². The molecule has 7 nitrogen and oxygen atoms in total. The molecule has 4 N–H and O–H groups in total. The average molecular weight is 513 g/mol. The summed E-state index contributed by atoms with van der Waals surface area (Å²) < 4.78 is 7.71. The maximum absolute atomic E-state index is 13.0. The second kappa shape index (κ2) is 11.4. The normalized spacial score (nSPS) is 12.6. The number of hydrogen-bond acceptors (Lipinski definition) is 5. The number of aryl methyl sites for hydroxylation is 1. The van der Waals surface area contributed by atoms with E-state index in [1.807, 2.05) is 51.4 Å². The second-order valence-electron chi connectivity index (χ2n) is 10.4. The van der Waals surface area contributed by atoms with Crippen molar-refractivity contribution in [2.45, 2.75) is 65.0 Å². The van der Waals surface area contributed by atoms with Gasteiger partial charge >= 0.3 is 0 Å². The highest BCUT2D eigenvalue weighted by Gasteiger charge is 2.21. The second-order valence-corrected chi connectivity index (χ2v) is 10.8. The molecule has 1 heterocycles. The molecule has 0 spiro atoms. The maximum Gasteiger partial charge on any atom is 0.253 e. The summed E-state index contributed by atoms with van der Waals surface area (Å²) in [7, 11) is 2.01. The summed E-state index contributed by atoms with van der Waals surface area (Å²) in [6.07, 6.45) is 2.94. The van der Waals surface area contributed by atoms with Crippen LogP contribution in [0.4, 0.5) is 5.69 Å². The number of halogens is 1. The standard InChI is InChI=1S/C28H37ClN4O3/c1-17(2)36-25-15-23(30)21(14-22(25)29)26(35)31-20(11-12-34)13-18-7-9-19(10-8-18)24-16-33(6)27(32-24)28(3,4)5/h7-10,14-17,20,34H,11-13,30H2,1-6H3,(H,31,35)/t20-/m1/s1. The number of aromatic nitrogens is 2. The van der Waals surface area contributed by atoms with Crippen molar-refractivity contribution in [3.05, 3.63) is 64.6 Å². The molecule has 0 aliphatic carbocycles. The van der Waals surface area contributed by atoms with Gasteiger partial charge in [0.05, 0.1) is 22.4 Å². The van der Waals surface area contributed by atoms with Gasteiger partial charge in [-0.05, 0) is 38.3 Å². The van der Waals surface area contributed by atoms with Crippen molar-refractivity contribution >= 4 is 23.2 Å². The number of benzene rings is 2. The SMILES string of the molecule is CC(C)Oc1cc(N)c(C(=O)N[C@H](CCO)Cc2ccc(-c3cn(C)c(C(C)(C)C)n3)cc2)cc1Cl. The lowest BCUT2D eigenvalue weighted by molar-refractivity contribution is 0.0931. The Morgan fingerprint density at radius 1 is 1.22 bits per heavy atom. The number of ether oxygens (including phenoxy) is 1. The highest BCUT2D eigenvalue weighted by atomic mass is 35.5. The Bertz CT molecular complexity index is 1200. The molecular formula is C28H37ClN4O3. The van der Waals surface area contributed by atoms with Gasteiger partial charge in [-0.2, -0.15) is 0 Å². The number of amides is 1. The number of anilines is 1. The Kier molecular flexibility index (Phi) is 8.69. The summed E-state index contributed by atoms with van der Waals surface area (Å²) in [5.41, 5.74) is 9.63. The molecule has 0 aliphatic heterocycles. The number of aliphatic hydroxyl groups is 1. The van der Waals surface area contributed by atoms with Crippen molar-refractivity contribution in [3.8, 4) is 17.0 Å². The van der Waals surface area contributed by atoms with Crippen molar-refractivity contribution in [2.24, 2.45) is 7.05 Å². The topological polar surface area (TPSA) is 102 Å². The summed E-state index contributed by atoms with van der Waals surface area (Å²) in [4.78, 5) is 17.8. The lowest BCUT2D eigenvalue weighted by atomic mass is 9.96. The lowest BCUT2D eigenvalue weighted by Crippen LogP contribution is -2.37. The zero-order valence-corrected chi connectivity index (χ0v) is 22.7. The van der Waals surface area contributed by atoms with E-state index in [2.05, 4.69) is 30.7 Å². The van der Waals surface area contributed by atoms with Crippen LogP contribution in [0, 0.1) is 0 Å². The third-order valence-corrected chi connectivity index (χ3v) is 6.10. The molecule has 0 bridgehead atoms. The van der Waals surface area contributed by atoms with Gasteiger partial charge in [-0.1, -0.05) is 56.6 Å². The summed E-state index contributed by atoms with van der Waals surface area (Å²) in [5.74, 6) is 1.12. The van der Waals surface area contributed by atoms with Gasteiger partial charge in [0.25, 0.3) is 5.91 Å². The first-order chi connectivity index (χ1) is 16.9. The van der Waals surface area contributed by atoms with E-state index in [1.54, 1.807) is 6.07 Å². The van der Waals surface area contributed by atoms with Gasteiger partial charge < -0.3 is 25.5 Å². The van der Waals surface area contributed by atoms with Crippen LogP contribution in [0.15, 0.2) is 42.6 Å². The van der Waals surface area contributed by atoms with E-state index in [0.29, 0.717) is 23.6 Å². The molecule has 3 rings (SSSR count). The zero-order chi connectivity index (χ0) is 26.6. The van der Waals surface area contributed by atoms with Gasteiger partial charge in [-0.15, -0.1) is 0 Å². The molecule has 3 aromatic rings. The van der Waals surface area contributed by atoms with Gasteiger partial charge in [0.1, 0.15) is 11.6 Å². The van der Waals surface area contributed by atoms with Gasteiger partial charge in [-0.25, -0.2) is 4.98 Å². The largest absolute Gasteiger partial charge is 0.489 e. The summed E-state index contributed by atoms with van der Waals surface area (Å²) >= 11 is 6.31. The van der Waals surface area contributed by atoms with Gasteiger partial charge in [0.2, 0.25) is 0 Å². The Morgan fingerprint density at radius 2 is 1.89 bits per heavy atom. The van der Waals surface area contributed by atoms with Gasteiger partial charge in [0, 0.05) is 48.6 Å². The van der Waals surface area contributed by atoms with Crippen LogP contribution in [0.3, 0.4) is 0 Å². The number of aliphatic hydroxyl groups excluding tert-OH is 1. The number of carbonyl (C=O) groups excluding carboxylic acids is 1. The molecule has 194 valence electrons. The van der Waals surface area contributed by atoms with Crippen LogP contribution in [0.1, 0.15) is 62.8 Å². The van der Waals surface area contributed by atoms with Crippen LogP contribution in [0.2, 0.25) is 5.02 Å². The first-order valence-corrected chi connectivity index (χ1v) is 12.6. The molecule has 1 aromatic heterocycles. The van der Waals surface area contributed by atoms with Crippen molar-refractivity contribution in [2.75, 3.05) is 12.3 Å². The Hall–Kier alpha value is -3.03. The zero-order valence-electron chi connectivity index (χ0n) is 21.9. The average Bonchev–Trinajstić information content (AvgIpc) is 3.18. The van der Waals surface area contributed by atoms with E-state index in [9.17, 15) is 9.90 Å². The molecule has 36 heavy (non-hydrogen) atoms. The van der Waals surface area contributed by atoms with Crippen LogP contribution in [0.25, 0.3) is 11.3 Å². The summed E-state index contributed by atoms with van der Waals surface area (Å²) in [6, 6.07) is 10.9. The van der Waals surface area contributed by atoms with Crippen LogP contribution in [-0.4, -0.2) is 39.3 Å². The van der Waals surface area contributed by atoms with Crippen molar-refractivity contribution < 1.29 is 14.6 Å². The predicted molar refractivity (Wildman–Crippen MR) is 146 cm³/mol. The van der Waals surface area contributed by atoms with E-state index in [-0.39, 0.29) is 41.3 Å². The number of rotatable bonds is 9. The number of nitrogens with two attached hydrogens (primary N) is 1. The minimum Gasteiger partial charge on any atom is -0.489 e. The third kappa shape index (κ3) is 6.80. The van der Waals surface area contributed by atoms with Crippen LogP contribution >= 0.6 is 11.6 Å². The van der Waals surface area contributed by atoms with Gasteiger partial charge in [0.15, 0.2) is 0 Å². The van der Waals surface area contributed by atoms with E-state index in [1.165, 1.54) is 6.07 Å². The summed E-state index contributed by atoms with van der Waals surface area (Å²) in [6.45, 7) is 10.2. The molecule has 0 unspecified atom stereocenters. The highest BCUT2D eigenvalue weighted by molar-refractivity contribution is 6.32.